The molecule has 3 atom stereocenters. The predicted molar refractivity (Wildman–Crippen MR) is 81.0 cm³/mol. The molecule has 6 nitrogen and oxygen atoms in total. The first kappa shape index (κ1) is 16.5. The number of carbonyl (C=O) groups is 1. The average Bonchev–Trinajstić information content (AvgIpc) is 2.50. The Morgan fingerprint density at radius 2 is 1.90 bits per heavy atom. The molecule has 6 heteroatoms. The van der Waals surface area contributed by atoms with Crippen molar-refractivity contribution in [1.29, 1.82) is 0 Å². The predicted octanol–water partition coefficient (Wildman–Crippen LogP) is 0.876. The van der Waals surface area contributed by atoms with E-state index in [1.54, 1.807) is 0 Å². The Morgan fingerprint density at radius 3 is 2.57 bits per heavy atom. The van der Waals surface area contributed by atoms with Crippen molar-refractivity contribution < 1.29 is 14.6 Å². The van der Waals surface area contributed by atoms with Crippen LogP contribution in [-0.4, -0.2) is 48.6 Å². The number of hydrogen-bond acceptors (Lipinski definition) is 4. The van der Waals surface area contributed by atoms with E-state index >= 15 is 0 Å². The van der Waals surface area contributed by atoms with Gasteiger partial charge < -0.3 is 26.2 Å². The van der Waals surface area contributed by atoms with Crippen LogP contribution in [0.3, 0.4) is 0 Å². The smallest absolute Gasteiger partial charge is 0.315 e. The maximum atomic E-state index is 12.1. The van der Waals surface area contributed by atoms with Crippen molar-refractivity contribution in [2.45, 2.75) is 75.7 Å². The van der Waals surface area contributed by atoms with Crippen LogP contribution in [0.15, 0.2) is 0 Å². The van der Waals surface area contributed by atoms with Crippen molar-refractivity contribution >= 4 is 6.03 Å². The molecule has 0 aromatic rings. The number of ether oxygens (including phenoxy) is 1. The van der Waals surface area contributed by atoms with E-state index in [0.717, 1.165) is 32.1 Å². The SMILES string of the molecule is NCC[C@H]1CC[C@H](NC(=O)NC2CCCCC2)[C@H](CO)O1. The zero-order valence-corrected chi connectivity index (χ0v) is 12.7. The standard InChI is InChI=1S/C15H29N3O3/c16-9-8-12-6-7-13(14(10-19)21-12)18-15(20)17-11-4-2-1-3-5-11/h11-14,19H,1-10,16H2,(H2,17,18,20)/t12-,13+,14+/m1/s1. The second kappa shape index (κ2) is 8.56. The van der Waals surface area contributed by atoms with Crippen LogP contribution in [0.25, 0.3) is 0 Å². The summed E-state index contributed by atoms with van der Waals surface area (Å²) in [6, 6.07) is 0.0414. The lowest BCUT2D eigenvalue weighted by Gasteiger charge is -2.36. The molecule has 0 aromatic heterocycles. The number of carbonyl (C=O) groups excluding carboxylic acids is 1. The van der Waals surface area contributed by atoms with Crippen LogP contribution >= 0.6 is 0 Å². The van der Waals surface area contributed by atoms with Gasteiger partial charge in [0.25, 0.3) is 0 Å². The van der Waals surface area contributed by atoms with E-state index in [2.05, 4.69) is 10.6 Å². The number of aliphatic hydroxyl groups is 1. The van der Waals surface area contributed by atoms with Gasteiger partial charge in [-0.15, -0.1) is 0 Å². The van der Waals surface area contributed by atoms with Gasteiger partial charge in [0.15, 0.2) is 0 Å². The van der Waals surface area contributed by atoms with E-state index in [4.69, 9.17) is 10.5 Å². The number of hydrogen-bond donors (Lipinski definition) is 4. The van der Waals surface area contributed by atoms with Gasteiger partial charge in [0.2, 0.25) is 0 Å². The Morgan fingerprint density at radius 1 is 1.14 bits per heavy atom. The summed E-state index contributed by atoms with van der Waals surface area (Å²) < 4.78 is 5.81. The van der Waals surface area contributed by atoms with E-state index < -0.39 is 0 Å². The van der Waals surface area contributed by atoms with Crippen LogP contribution < -0.4 is 16.4 Å². The summed E-state index contributed by atoms with van der Waals surface area (Å²) in [5, 5.41) is 15.5. The molecule has 2 fully saturated rings. The third-order valence-electron chi connectivity index (χ3n) is 4.54. The number of nitrogens with two attached hydrogens (primary N) is 1. The highest BCUT2D eigenvalue weighted by Crippen LogP contribution is 2.22. The Kier molecular flexibility index (Phi) is 6.73. The average molecular weight is 299 g/mol. The van der Waals surface area contributed by atoms with Crippen LogP contribution in [0.1, 0.15) is 51.4 Å². The first-order valence-electron chi connectivity index (χ1n) is 8.26. The van der Waals surface area contributed by atoms with Gasteiger partial charge in [0, 0.05) is 6.04 Å². The van der Waals surface area contributed by atoms with Crippen molar-refractivity contribution in [2.24, 2.45) is 5.73 Å². The highest BCUT2D eigenvalue weighted by atomic mass is 16.5. The third kappa shape index (κ3) is 5.13. The normalized spacial score (nSPS) is 30.9. The second-order valence-electron chi connectivity index (χ2n) is 6.19. The molecule has 0 bridgehead atoms. The first-order valence-corrected chi connectivity index (χ1v) is 8.26. The highest BCUT2D eigenvalue weighted by Gasteiger charge is 2.31. The fourth-order valence-corrected chi connectivity index (χ4v) is 3.34. The molecule has 0 radical (unpaired) electrons. The van der Waals surface area contributed by atoms with Crippen molar-refractivity contribution in [3.63, 3.8) is 0 Å². The number of amides is 2. The van der Waals surface area contributed by atoms with Gasteiger partial charge in [-0.25, -0.2) is 4.79 Å². The van der Waals surface area contributed by atoms with Gasteiger partial charge in [-0.1, -0.05) is 19.3 Å². The minimum absolute atomic E-state index is 0.0740. The minimum atomic E-state index is -0.326. The summed E-state index contributed by atoms with van der Waals surface area (Å²) in [4.78, 5) is 12.1. The van der Waals surface area contributed by atoms with Crippen LogP contribution in [0.5, 0.6) is 0 Å². The zero-order valence-electron chi connectivity index (χ0n) is 12.7. The lowest BCUT2D eigenvalue weighted by atomic mass is 9.95. The van der Waals surface area contributed by atoms with Gasteiger partial charge in [0.1, 0.15) is 6.10 Å². The fraction of sp³-hybridized carbons (Fsp3) is 0.933. The van der Waals surface area contributed by atoms with Gasteiger partial charge >= 0.3 is 6.03 Å². The molecule has 2 amide bonds. The molecule has 2 rings (SSSR count). The molecule has 2 aliphatic rings. The van der Waals surface area contributed by atoms with Crippen LogP contribution in [0.2, 0.25) is 0 Å². The summed E-state index contributed by atoms with van der Waals surface area (Å²) in [6.45, 7) is 0.512. The molecule has 21 heavy (non-hydrogen) atoms. The molecule has 0 spiro atoms. The fourth-order valence-electron chi connectivity index (χ4n) is 3.34. The highest BCUT2D eigenvalue weighted by molar-refractivity contribution is 5.74. The number of nitrogens with one attached hydrogen (secondary N) is 2. The maximum Gasteiger partial charge on any atom is 0.315 e. The summed E-state index contributed by atoms with van der Waals surface area (Å²) >= 11 is 0. The molecule has 5 N–H and O–H groups in total. The molecule has 122 valence electrons. The Bertz CT molecular complexity index is 321. The quantitative estimate of drug-likeness (QED) is 0.606. The topological polar surface area (TPSA) is 96.6 Å². The van der Waals surface area contributed by atoms with Crippen LogP contribution in [0, 0.1) is 0 Å². The van der Waals surface area contributed by atoms with Crippen molar-refractivity contribution in [1.82, 2.24) is 10.6 Å². The van der Waals surface area contributed by atoms with Gasteiger partial charge in [-0.05, 0) is 38.6 Å². The zero-order chi connectivity index (χ0) is 15.1. The molecule has 1 heterocycles. The molecule has 0 unspecified atom stereocenters. The molecule has 1 saturated heterocycles. The van der Waals surface area contributed by atoms with E-state index in [1.807, 2.05) is 0 Å². The molecule has 0 aromatic carbocycles. The minimum Gasteiger partial charge on any atom is -0.394 e. The van der Waals surface area contributed by atoms with Gasteiger partial charge in [0.05, 0.1) is 18.8 Å². The van der Waals surface area contributed by atoms with Gasteiger partial charge in [-0.2, -0.15) is 0 Å². The maximum absolute atomic E-state index is 12.1. The van der Waals surface area contributed by atoms with Gasteiger partial charge in [-0.3, -0.25) is 0 Å². The molecule has 1 aliphatic heterocycles. The molecule has 1 saturated carbocycles. The first-order chi connectivity index (χ1) is 10.2. The summed E-state index contributed by atoms with van der Waals surface area (Å²) in [5.41, 5.74) is 5.54. The lowest BCUT2D eigenvalue weighted by molar-refractivity contribution is -0.0884. The molecular formula is C15H29N3O3. The van der Waals surface area contributed by atoms with Crippen molar-refractivity contribution in [3.05, 3.63) is 0 Å². The van der Waals surface area contributed by atoms with E-state index in [0.29, 0.717) is 12.6 Å². The largest absolute Gasteiger partial charge is 0.394 e. The van der Waals surface area contributed by atoms with Crippen molar-refractivity contribution in [2.75, 3.05) is 13.2 Å². The summed E-state index contributed by atoms with van der Waals surface area (Å²) in [7, 11) is 0. The van der Waals surface area contributed by atoms with Crippen LogP contribution in [-0.2, 0) is 4.74 Å². The molecule has 1 aliphatic carbocycles. The summed E-state index contributed by atoms with van der Waals surface area (Å²) in [5.74, 6) is 0. The Hall–Kier alpha value is -0.850. The van der Waals surface area contributed by atoms with E-state index in [9.17, 15) is 9.90 Å². The Labute approximate surface area is 126 Å². The number of rotatable bonds is 5. The second-order valence-corrected chi connectivity index (χ2v) is 6.19. The summed E-state index contributed by atoms with van der Waals surface area (Å²) in [6.07, 6.45) is 8.07. The third-order valence-corrected chi connectivity index (χ3v) is 4.54. The number of aliphatic hydroxyl groups excluding tert-OH is 1. The van der Waals surface area contributed by atoms with Crippen LogP contribution in [0.4, 0.5) is 4.79 Å². The number of urea groups is 1. The molecular weight excluding hydrogens is 270 g/mol. The Balaban J connectivity index is 1.76. The lowest BCUT2D eigenvalue weighted by Crippen LogP contribution is -2.54. The monoisotopic (exact) mass is 299 g/mol. The van der Waals surface area contributed by atoms with Crippen molar-refractivity contribution in [3.8, 4) is 0 Å². The van der Waals surface area contributed by atoms with E-state index in [-0.39, 0.29) is 30.9 Å². The van der Waals surface area contributed by atoms with E-state index in [1.165, 1.54) is 19.3 Å².